The molecule has 0 saturated carbocycles. The Morgan fingerprint density at radius 1 is 1.14 bits per heavy atom. The van der Waals surface area contributed by atoms with Crippen LogP contribution >= 0.6 is 11.6 Å². The van der Waals surface area contributed by atoms with Crippen LogP contribution in [0.1, 0.15) is 28.0 Å². The first kappa shape index (κ1) is 17.2. The Labute approximate surface area is 167 Å². The molecule has 1 aromatic heterocycles. The molecule has 0 radical (unpaired) electrons. The SMILES string of the molecule is O=C(C1=CCC=C1)N1CCN2C(=O)c3cccnc3CC12c1ccc(Cl)cc1. The molecule has 2 amide bonds. The number of aromatic nitrogens is 1. The van der Waals surface area contributed by atoms with Crippen molar-refractivity contribution in [3.05, 3.63) is 88.2 Å². The Balaban J connectivity index is 1.70. The van der Waals surface area contributed by atoms with Gasteiger partial charge in [0.05, 0.1) is 11.3 Å². The summed E-state index contributed by atoms with van der Waals surface area (Å²) in [6, 6.07) is 11.0. The molecule has 1 saturated heterocycles. The first-order chi connectivity index (χ1) is 13.6. The lowest BCUT2D eigenvalue weighted by Gasteiger charge is -2.47. The Morgan fingerprint density at radius 2 is 1.96 bits per heavy atom. The second-order valence-electron chi connectivity index (χ2n) is 7.21. The van der Waals surface area contributed by atoms with Crippen LogP contribution in [0.25, 0.3) is 0 Å². The number of benzene rings is 1. The zero-order valence-electron chi connectivity index (χ0n) is 15.1. The van der Waals surface area contributed by atoms with E-state index >= 15 is 0 Å². The highest BCUT2D eigenvalue weighted by atomic mass is 35.5. The average Bonchev–Trinajstić information content (AvgIpc) is 3.37. The zero-order chi connectivity index (χ0) is 19.3. The maximum absolute atomic E-state index is 13.4. The molecular weight excluding hydrogens is 374 g/mol. The van der Waals surface area contributed by atoms with Crippen molar-refractivity contribution >= 4 is 23.4 Å². The maximum Gasteiger partial charge on any atom is 0.257 e. The van der Waals surface area contributed by atoms with E-state index in [1.807, 2.05) is 46.2 Å². The van der Waals surface area contributed by atoms with Gasteiger partial charge in [-0.2, -0.15) is 0 Å². The molecule has 5 nitrogen and oxygen atoms in total. The van der Waals surface area contributed by atoms with Crippen molar-refractivity contribution in [1.82, 2.24) is 14.8 Å². The Hall–Kier alpha value is -2.92. The molecule has 2 aliphatic heterocycles. The van der Waals surface area contributed by atoms with Crippen LogP contribution in [0.5, 0.6) is 0 Å². The smallest absolute Gasteiger partial charge is 0.257 e. The van der Waals surface area contributed by atoms with Gasteiger partial charge in [-0.1, -0.05) is 42.0 Å². The third-order valence-corrected chi connectivity index (χ3v) is 6.04. The molecule has 1 atom stereocenters. The molecule has 140 valence electrons. The number of hydrogen-bond donors (Lipinski definition) is 0. The highest BCUT2D eigenvalue weighted by Crippen LogP contribution is 2.45. The molecule has 0 bridgehead atoms. The average molecular weight is 392 g/mol. The molecule has 1 unspecified atom stereocenters. The van der Waals surface area contributed by atoms with Crippen molar-refractivity contribution in [3.63, 3.8) is 0 Å². The molecule has 0 spiro atoms. The van der Waals surface area contributed by atoms with Crippen LogP contribution < -0.4 is 0 Å². The minimum atomic E-state index is -0.891. The summed E-state index contributed by atoms with van der Waals surface area (Å²) in [6.07, 6.45) is 8.67. The van der Waals surface area contributed by atoms with Crippen molar-refractivity contribution < 1.29 is 9.59 Å². The van der Waals surface area contributed by atoms with Crippen LogP contribution in [0, 0.1) is 0 Å². The Morgan fingerprint density at radius 3 is 2.71 bits per heavy atom. The molecule has 6 heteroatoms. The van der Waals surface area contributed by atoms with E-state index in [9.17, 15) is 9.59 Å². The summed E-state index contributed by atoms with van der Waals surface area (Å²) in [7, 11) is 0. The van der Waals surface area contributed by atoms with Crippen LogP contribution in [-0.2, 0) is 16.9 Å². The van der Waals surface area contributed by atoms with Gasteiger partial charge in [0.2, 0.25) is 0 Å². The van der Waals surface area contributed by atoms with Crippen LogP contribution in [0.3, 0.4) is 0 Å². The van der Waals surface area contributed by atoms with Gasteiger partial charge < -0.3 is 9.80 Å². The summed E-state index contributed by atoms with van der Waals surface area (Å²) in [4.78, 5) is 34.8. The quantitative estimate of drug-likeness (QED) is 0.789. The lowest BCUT2D eigenvalue weighted by atomic mass is 9.86. The van der Waals surface area contributed by atoms with Gasteiger partial charge in [0, 0.05) is 36.3 Å². The minimum Gasteiger partial charge on any atom is -0.309 e. The number of halogens is 1. The number of allylic oxidation sites excluding steroid dienone is 2. The molecule has 0 N–H and O–H groups in total. The monoisotopic (exact) mass is 391 g/mol. The zero-order valence-corrected chi connectivity index (χ0v) is 15.9. The first-order valence-corrected chi connectivity index (χ1v) is 9.69. The van der Waals surface area contributed by atoms with Gasteiger partial charge in [-0.15, -0.1) is 0 Å². The van der Waals surface area contributed by atoms with E-state index in [2.05, 4.69) is 4.98 Å². The van der Waals surface area contributed by atoms with E-state index in [0.717, 1.165) is 12.0 Å². The summed E-state index contributed by atoms with van der Waals surface area (Å²) >= 11 is 6.11. The predicted octanol–water partition coefficient (Wildman–Crippen LogP) is 3.31. The third kappa shape index (κ3) is 2.36. The summed E-state index contributed by atoms with van der Waals surface area (Å²) in [6.45, 7) is 0.963. The van der Waals surface area contributed by atoms with Crippen molar-refractivity contribution in [2.24, 2.45) is 0 Å². The van der Waals surface area contributed by atoms with E-state index in [-0.39, 0.29) is 11.8 Å². The van der Waals surface area contributed by atoms with Crippen molar-refractivity contribution in [1.29, 1.82) is 0 Å². The second kappa shape index (κ2) is 6.31. The van der Waals surface area contributed by atoms with Crippen molar-refractivity contribution in [2.45, 2.75) is 18.5 Å². The lowest BCUT2D eigenvalue weighted by Crippen LogP contribution is -2.58. The molecule has 1 fully saturated rings. The van der Waals surface area contributed by atoms with E-state index in [1.54, 1.807) is 24.4 Å². The van der Waals surface area contributed by atoms with Crippen LogP contribution in [0.2, 0.25) is 5.02 Å². The van der Waals surface area contributed by atoms with Gasteiger partial charge in [0.25, 0.3) is 11.8 Å². The molecule has 5 rings (SSSR count). The topological polar surface area (TPSA) is 53.5 Å². The van der Waals surface area contributed by atoms with Gasteiger partial charge in [0.1, 0.15) is 5.66 Å². The standard InChI is InChI=1S/C22H18ClN3O2/c23-17-9-7-16(8-10-17)22-14-19-18(6-3-11-24-19)21(28)26(22)13-12-25(22)20(27)15-4-1-2-5-15/h1,3-11H,2,12-14H2. The fourth-order valence-electron chi connectivity index (χ4n) is 4.50. The summed E-state index contributed by atoms with van der Waals surface area (Å²) in [5.41, 5.74) is 1.98. The summed E-state index contributed by atoms with van der Waals surface area (Å²) in [5, 5.41) is 0.615. The second-order valence-corrected chi connectivity index (χ2v) is 7.65. The maximum atomic E-state index is 13.4. The van der Waals surface area contributed by atoms with Crippen molar-refractivity contribution in [2.75, 3.05) is 13.1 Å². The molecule has 3 aliphatic rings. The lowest BCUT2D eigenvalue weighted by molar-refractivity contribution is -0.134. The number of pyridine rings is 1. The number of amides is 2. The Bertz CT molecular complexity index is 1040. The molecule has 1 aromatic carbocycles. The van der Waals surface area contributed by atoms with E-state index < -0.39 is 5.66 Å². The van der Waals surface area contributed by atoms with Gasteiger partial charge in [0.15, 0.2) is 0 Å². The normalized spacial score (nSPS) is 22.9. The molecule has 2 aromatic rings. The van der Waals surface area contributed by atoms with Crippen LogP contribution in [-0.4, -0.2) is 39.7 Å². The number of fused-ring (bicyclic) bond motifs is 2. The van der Waals surface area contributed by atoms with Gasteiger partial charge in [-0.05, 0) is 36.2 Å². The number of nitrogens with zero attached hydrogens (tertiary/aromatic N) is 3. The Kier molecular flexibility index (Phi) is 3.88. The number of carbonyl (C=O) groups excluding carboxylic acids is 2. The third-order valence-electron chi connectivity index (χ3n) is 5.79. The number of carbonyl (C=O) groups is 2. The van der Waals surface area contributed by atoms with E-state index in [4.69, 9.17) is 11.6 Å². The fourth-order valence-corrected chi connectivity index (χ4v) is 4.63. The number of hydrogen-bond acceptors (Lipinski definition) is 3. The minimum absolute atomic E-state index is 0.0571. The summed E-state index contributed by atoms with van der Waals surface area (Å²) < 4.78 is 0. The van der Waals surface area contributed by atoms with Crippen LogP contribution in [0.15, 0.2) is 66.4 Å². The van der Waals surface area contributed by atoms with Crippen LogP contribution in [0.4, 0.5) is 0 Å². The first-order valence-electron chi connectivity index (χ1n) is 9.32. The highest BCUT2D eigenvalue weighted by molar-refractivity contribution is 6.30. The predicted molar refractivity (Wildman–Crippen MR) is 106 cm³/mol. The largest absolute Gasteiger partial charge is 0.309 e. The van der Waals surface area contributed by atoms with E-state index in [1.165, 1.54) is 0 Å². The molecule has 1 aliphatic carbocycles. The molecular formula is C22H18ClN3O2. The van der Waals surface area contributed by atoms with E-state index in [0.29, 0.717) is 41.4 Å². The molecule has 3 heterocycles. The highest BCUT2D eigenvalue weighted by Gasteiger charge is 2.56. The van der Waals surface area contributed by atoms with Gasteiger partial charge in [-0.25, -0.2) is 0 Å². The van der Waals surface area contributed by atoms with Crippen molar-refractivity contribution in [3.8, 4) is 0 Å². The van der Waals surface area contributed by atoms with Gasteiger partial charge >= 0.3 is 0 Å². The fraction of sp³-hybridized carbons (Fsp3) is 0.227. The van der Waals surface area contributed by atoms with Gasteiger partial charge in [-0.3, -0.25) is 14.6 Å². The number of rotatable bonds is 2. The molecule has 28 heavy (non-hydrogen) atoms. The summed E-state index contributed by atoms with van der Waals surface area (Å²) in [5.74, 6) is -0.145.